The van der Waals surface area contributed by atoms with E-state index in [2.05, 4.69) is 167 Å². The monoisotopic (exact) mass is 1060 g/mol. The lowest BCUT2D eigenvalue weighted by atomic mass is 10.1. The van der Waals surface area contributed by atoms with E-state index in [1.807, 2.05) is 0 Å². The van der Waals surface area contributed by atoms with Gasteiger partial charge >= 0.3 is 17.9 Å². The Labute approximate surface area is 474 Å². The largest absolute Gasteiger partial charge is 0.462 e. The molecule has 1 unspecified atom stereocenters. The molecule has 0 heterocycles. The van der Waals surface area contributed by atoms with E-state index in [0.717, 1.165) is 173 Å². The molecule has 0 bridgehead atoms. The van der Waals surface area contributed by atoms with Crippen LogP contribution in [0.5, 0.6) is 0 Å². The first kappa shape index (κ1) is 72.3. The van der Waals surface area contributed by atoms with Gasteiger partial charge in [0.15, 0.2) is 6.10 Å². The van der Waals surface area contributed by atoms with Gasteiger partial charge in [-0.2, -0.15) is 0 Å². The average Bonchev–Trinajstić information content (AvgIpc) is 3.43. The molecular formula is C71H114O6. The van der Waals surface area contributed by atoms with Crippen LogP contribution < -0.4 is 0 Å². The second-order valence-electron chi connectivity index (χ2n) is 20.2. The quantitative estimate of drug-likeness (QED) is 0.0261. The van der Waals surface area contributed by atoms with Gasteiger partial charge in [0.1, 0.15) is 13.2 Å². The SMILES string of the molecule is CC/C=C\C/C=C\C/C=C\C/C=C\C/C=C\C/C=C\C/C=C\C/C=C\C/C=C\CCCCCCCC(=O)OCC(COC(=O)CCCCCCCCCCCCC)OC(=O)CCCCCCC/C=C\C/C=C\C/C=C\CC. The molecule has 0 aliphatic heterocycles. The fourth-order valence-electron chi connectivity index (χ4n) is 8.21. The lowest BCUT2D eigenvalue weighted by molar-refractivity contribution is -0.167. The summed E-state index contributed by atoms with van der Waals surface area (Å²) < 4.78 is 16.8. The molecule has 0 aromatic carbocycles. The van der Waals surface area contributed by atoms with E-state index < -0.39 is 6.10 Å². The van der Waals surface area contributed by atoms with E-state index in [0.29, 0.717) is 19.3 Å². The number of allylic oxidation sites excluding steroid dienone is 24. The second kappa shape index (κ2) is 63.8. The first-order valence-corrected chi connectivity index (χ1v) is 31.3. The third-order valence-electron chi connectivity index (χ3n) is 12.8. The lowest BCUT2D eigenvalue weighted by Crippen LogP contribution is -2.30. The van der Waals surface area contributed by atoms with Crippen molar-refractivity contribution in [3.63, 3.8) is 0 Å². The van der Waals surface area contributed by atoms with Gasteiger partial charge in [-0.25, -0.2) is 0 Å². The molecule has 434 valence electrons. The standard InChI is InChI=1S/C71H114O6/c1-4-7-10-13-16-19-22-24-26-27-28-29-30-31-32-33-34-35-36-37-38-39-40-41-42-43-45-46-49-52-55-58-61-64-70(73)76-67-68(66-75-69(72)63-60-57-54-51-48-21-18-15-12-9-6-3)77-71(74)65-62-59-56-53-50-47-44-25-23-20-17-14-11-8-5-2/h7-8,10-11,16-17,19-20,24-26,28-29,31-32,34-35,37-38,40-41,43-45,68H,4-6,9,12-15,18,21-23,27,30,33,36,39,42,46-67H2,1-3H3/b10-7-,11-8-,19-16-,20-17-,26-24-,29-28-,32-31-,35-34-,38-37-,41-40-,44-25-,45-43-. The third-order valence-corrected chi connectivity index (χ3v) is 12.8. The van der Waals surface area contributed by atoms with Crippen LogP contribution in [-0.4, -0.2) is 37.2 Å². The maximum atomic E-state index is 12.8. The van der Waals surface area contributed by atoms with Gasteiger partial charge in [0.2, 0.25) is 0 Å². The van der Waals surface area contributed by atoms with E-state index in [4.69, 9.17) is 14.2 Å². The Morgan fingerprint density at radius 1 is 0.273 bits per heavy atom. The van der Waals surface area contributed by atoms with E-state index in [1.54, 1.807) is 0 Å². The molecule has 1 atom stereocenters. The molecule has 0 rings (SSSR count). The fourth-order valence-corrected chi connectivity index (χ4v) is 8.21. The zero-order valence-electron chi connectivity index (χ0n) is 49.7. The number of carbonyl (C=O) groups is 3. The molecule has 0 saturated heterocycles. The number of hydrogen-bond donors (Lipinski definition) is 0. The zero-order valence-corrected chi connectivity index (χ0v) is 49.7. The van der Waals surface area contributed by atoms with Gasteiger partial charge < -0.3 is 14.2 Å². The van der Waals surface area contributed by atoms with Crippen LogP contribution in [0.1, 0.15) is 265 Å². The molecule has 0 aliphatic rings. The maximum absolute atomic E-state index is 12.8. The van der Waals surface area contributed by atoms with Crippen LogP contribution in [0.3, 0.4) is 0 Å². The Balaban J connectivity index is 4.30. The number of ether oxygens (including phenoxy) is 3. The molecule has 0 aliphatic carbocycles. The summed E-state index contributed by atoms with van der Waals surface area (Å²) in [6.45, 7) is 6.37. The highest BCUT2D eigenvalue weighted by Crippen LogP contribution is 2.14. The Morgan fingerprint density at radius 3 is 0.792 bits per heavy atom. The summed E-state index contributed by atoms with van der Waals surface area (Å²) in [6.07, 6.45) is 91.4. The van der Waals surface area contributed by atoms with Gasteiger partial charge in [0.05, 0.1) is 0 Å². The van der Waals surface area contributed by atoms with Crippen molar-refractivity contribution in [2.45, 2.75) is 271 Å². The molecule has 0 fully saturated rings. The summed E-state index contributed by atoms with van der Waals surface area (Å²) in [5.41, 5.74) is 0. The maximum Gasteiger partial charge on any atom is 0.306 e. The summed E-state index contributed by atoms with van der Waals surface area (Å²) in [6, 6.07) is 0. The van der Waals surface area contributed by atoms with Gasteiger partial charge in [-0.05, 0) is 122 Å². The topological polar surface area (TPSA) is 78.9 Å². The predicted molar refractivity (Wildman–Crippen MR) is 334 cm³/mol. The van der Waals surface area contributed by atoms with Crippen molar-refractivity contribution in [3.8, 4) is 0 Å². The number of carbonyl (C=O) groups excluding carboxylic acids is 3. The minimum Gasteiger partial charge on any atom is -0.462 e. The van der Waals surface area contributed by atoms with E-state index in [1.165, 1.54) is 51.4 Å². The molecule has 0 amide bonds. The summed E-state index contributed by atoms with van der Waals surface area (Å²) in [4.78, 5) is 38.2. The minimum atomic E-state index is -0.799. The molecule has 0 saturated carbocycles. The summed E-state index contributed by atoms with van der Waals surface area (Å²) in [5.74, 6) is -0.934. The van der Waals surface area contributed by atoms with Crippen LogP contribution in [0.4, 0.5) is 0 Å². The average molecular weight is 1060 g/mol. The van der Waals surface area contributed by atoms with Crippen LogP contribution >= 0.6 is 0 Å². The van der Waals surface area contributed by atoms with E-state index >= 15 is 0 Å². The van der Waals surface area contributed by atoms with Crippen molar-refractivity contribution in [1.29, 1.82) is 0 Å². The van der Waals surface area contributed by atoms with Crippen molar-refractivity contribution in [3.05, 3.63) is 146 Å². The van der Waals surface area contributed by atoms with E-state index in [9.17, 15) is 14.4 Å². The van der Waals surface area contributed by atoms with Crippen molar-refractivity contribution < 1.29 is 28.6 Å². The highest BCUT2D eigenvalue weighted by atomic mass is 16.6. The van der Waals surface area contributed by atoms with Gasteiger partial charge in [-0.3, -0.25) is 14.4 Å². The van der Waals surface area contributed by atoms with Crippen LogP contribution in [0.15, 0.2) is 146 Å². The second-order valence-corrected chi connectivity index (χ2v) is 20.2. The molecule has 6 nitrogen and oxygen atoms in total. The predicted octanol–water partition coefficient (Wildman–Crippen LogP) is 21.5. The molecule has 0 aromatic rings. The van der Waals surface area contributed by atoms with Crippen LogP contribution in [0.2, 0.25) is 0 Å². The molecule has 6 heteroatoms. The fraction of sp³-hybridized carbons (Fsp3) is 0.620. The minimum absolute atomic E-state index is 0.0938. The molecule has 77 heavy (non-hydrogen) atoms. The van der Waals surface area contributed by atoms with Crippen LogP contribution in [0.25, 0.3) is 0 Å². The summed E-state index contributed by atoms with van der Waals surface area (Å²) in [5, 5.41) is 0. The van der Waals surface area contributed by atoms with Gasteiger partial charge in [-0.1, -0.05) is 269 Å². The van der Waals surface area contributed by atoms with Crippen LogP contribution in [0, 0.1) is 0 Å². The number of esters is 3. The third kappa shape index (κ3) is 62.0. The van der Waals surface area contributed by atoms with E-state index in [-0.39, 0.29) is 31.1 Å². The number of unbranched alkanes of at least 4 members (excludes halogenated alkanes) is 20. The zero-order chi connectivity index (χ0) is 55.7. The van der Waals surface area contributed by atoms with Crippen molar-refractivity contribution in [2.24, 2.45) is 0 Å². The Kier molecular flexibility index (Phi) is 59.9. The van der Waals surface area contributed by atoms with Crippen LogP contribution in [-0.2, 0) is 28.6 Å². The smallest absolute Gasteiger partial charge is 0.306 e. The molecule has 0 N–H and O–H groups in total. The summed E-state index contributed by atoms with van der Waals surface area (Å²) in [7, 11) is 0. The first-order chi connectivity index (χ1) is 38.0. The highest BCUT2D eigenvalue weighted by Gasteiger charge is 2.19. The first-order valence-electron chi connectivity index (χ1n) is 31.3. The van der Waals surface area contributed by atoms with Gasteiger partial charge in [0, 0.05) is 19.3 Å². The Hall–Kier alpha value is -4.71. The van der Waals surface area contributed by atoms with Crippen molar-refractivity contribution in [1.82, 2.24) is 0 Å². The summed E-state index contributed by atoms with van der Waals surface area (Å²) >= 11 is 0. The molecule has 0 spiro atoms. The Bertz CT molecular complexity index is 1700. The highest BCUT2D eigenvalue weighted by molar-refractivity contribution is 5.71. The van der Waals surface area contributed by atoms with Gasteiger partial charge in [-0.15, -0.1) is 0 Å². The normalized spacial score (nSPS) is 13.1. The molecule has 0 aromatic heterocycles. The van der Waals surface area contributed by atoms with Crippen molar-refractivity contribution >= 4 is 17.9 Å². The molecule has 0 radical (unpaired) electrons. The molecular weight excluding hydrogens is 949 g/mol. The Morgan fingerprint density at radius 2 is 0.506 bits per heavy atom. The van der Waals surface area contributed by atoms with Crippen molar-refractivity contribution in [2.75, 3.05) is 13.2 Å². The number of hydrogen-bond acceptors (Lipinski definition) is 6. The van der Waals surface area contributed by atoms with Gasteiger partial charge in [0.25, 0.3) is 0 Å². The lowest BCUT2D eigenvalue weighted by Gasteiger charge is -2.18. The number of rotatable bonds is 55.